The SMILES string of the molecule is NC(=O)c1ccccc1Oc1nc2ccccn2c1CO. The van der Waals surface area contributed by atoms with Gasteiger partial charge >= 0.3 is 0 Å². The van der Waals surface area contributed by atoms with Crippen molar-refractivity contribution in [3.8, 4) is 11.6 Å². The van der Waals surface area contributed by atoms with Crippen LogP contribution in [0.3, 0.4) is 0 Å². The largest absolute Gasteiger partial charge is 0.436 e. The molecular weight excluding hydrogens is 270 g/mol. The number of rotatable bonds is 4. The highest BCUT2D eigenvalue weighted by Gasteiger charge is 2.16. The first-order chi connectivity index (χ1) is 10.2. The molecule has 0 unspecified atom stereocenters. The van der Waals surface area contributed by atoms with Gasteiger partial charge in [-0.15, -0.1) is 0 Å². The van der Waals surface area contributed by atoms with Crippen LogP contribution in [0.4, 0.5) is 0 Å². The Morgan fingerprint density at radius 3 is 2.76 bits per heavy atom. The zero-order valence-electron chi connectivity index (χ0n) is 11.1. The van der Waals surface area contributed by atoms with E-state index in [9.17, 15) is 9.90 Å². The van der Waals surface area contributed by atoms with E-state index in [0.717, 1.165) is 0 Å². The number of primary amides is 1. The van der Waals surface area contributed by atoms with Gasteiger partial charge in [0.2, 0.25) is 5.88 Å². The van der Waals surface area contributed by atoms with Gasteiger partial charge in [0.05, 0.1) is 12.2 Å². The fourth-order valence-corrected chi connectivity index (χ4v) is 2.11. The normalized spacial score (nSPS) is 10.7. The van der Waals surface area contributed by atoms with Crippen LogP contribution in [0.5, 0.6) is 11.6 Å². The quantitative estimate of drug-likeness (QED) is 0.762. The molecular formula is C15H13N3O3. The summed E-state index contributed by atoms with van der Waals surface area (Å²) in [5.74, 6) is -0.0274. The second kappa shape index (κ2) is 5.26. The smallest absolute Gasteiger partial charge is 0.252 e. The van der Waals surface area contributed by atoms with Gasteiger partial charge < -0.3 is 15.6 Å². The summed E-state index contributed by atoms with van der Waals surface area (Å²) in [4.78, 5) is 15.7. The van der Waals surface area contributed by atoms with Gasteiger partial charge in [0.15, 0.2) is 0 Å². The van der Waals surface area contributed by atoms with Gasteiger partial charge in [0.25, 0.3) is 5.91 Å². The Kier molecular flexibility index (Phi) is 3.29. The number of benzene rings is 1. The molecule has 6 heteroatoms. The molecule has 1 amide bonds. The number of imidazole rings is 1. The van der Waals surface area contributed by atoms with Crippen molar-refractivity contribution >= 4 is 11.6 Å². The predicted molar refractivity (Wildman–Crippen MR) is 76.1 cm³/mol. The molecule has 2 heterocycles. The molecule has 6 nitrogen and oxygen atoms in total. The lowest BCUT2D eigenvalue weighted by atomic mass is 10.2. The molecule has 0 atom stereocenters. The van der Waals surface area contributed by atoms with Crippen LogP contribution in [-0.2, 0) is 6.61 Å². The second-order valence-corrected chi connectivity index (χ2v) is 4.41. The molecule has 106 valence electrons. The maximum absolute atomic E-state index is 11.4. The average molecular weight is 283 g/mol. The molecule has 1 aromatic carbocycles. The Morgan fingerprint density at radius 2 is 2.00 bits per heavy atom. The fraction of sp³-hybridized carbons (Fsp3) is 0.0667. The molecule has 0 saturated heterocycles. The highest BCUT2D eigenvalue weighted by atomic mass is 16.5. The lowest BCUT2D eigenvalue weighted by molar-refractivity contribution is 0.0998. The summed E-state index contributed by atoms with van der Waals surface area (Å²) >= 11 is 0. The van der Waals surface area contributed by atoms with Gasteiger partial charge in [-0.2, -0.15) is 4.98 Å². The van der Waals surface area contributed by atoms with Crippen LogP contribution in [0.15, 0.2) is 48.7 Å². The summed E-state index contributed by atoms with van der Waals surface area (Å²) in [7, 11) is 0. The van der Waals surface area contributed by atoms with E-state index in [1.165, 1.54) is 0 Å². The molecule has 0 spiro atoms. The number of aliphatic hydroxyl groups excluding tert-OH is 1. The third kappa shape index (κ3) is 2.32. The van der Waals surface area contributed by atoms with Crippen molar-refractivity contribution in [3.05, 3.63) is 59.9 Å². The number of aliphatic hydroxyl groups is 1. The minimum Gasteiger partial charge on any atom is -0.436 e. The van der Waals surface area contributed by atoms with Crippen LogP contribution < -0.4 is 10.5 Å². The predicted octanol–water partition coefficient (Wildman–Crippen LogP) is 1.72. The number of ether oxygens (including phenoxy) is 1. The topological polar surface area (TPSA) is 89.9 Å². The van der Waals surface area contributed by atoms with E-state index in [4.69, 9.17) is 10.5 Å². The number of carbonyl (C=O) groups excluding carboxylic acids is 1. The summed E-state index contributed by atoms with van der Waals surface area (Å²) in [5.41, 5.74) is 6.73. The van der Waals surface area contributed by atoms with Crippen molar-refractivity contribution in [2.45, 2.75) is 6.61 Å². The Bertz CT molecular complexity index is 811. The first kappa shape index (κ1) is 13.1. The fourth-order valence-electron chi connectivity index (χ4n) is 2.11. The number of nitrogens with two attached hydrogens (primary N) is 1. The molecule has 3 rings (SSSR count). The third-order valence-corrected chi connectivity index (χ3v) is 3.10. The summed E-state index contributed by atoms with van der Waals surface area (Å²) in [6, 6.07) is 12.1. The number of pyridine rings is 1. The minimum absolute atomic E-state index is 0.237. The Hall–Kier alpha value is -2.86. The molecule has 2 aromatic heterocycles. The van der Waals surface area contributed by atoms with E-state index < -0.39 is 5.91 Å². The van der Waals surface area contributed by atoms with Crippen molar-refractivity contribution in [1.82, 2.24) is 9.38 Å². The summed E-state index contributed by atoms with van der Waals surface area (Å²) in [6.07, 6.45) is 1.78. The van der Waals surface area contributed by atoms with Gasteiger partial charge in [0.1, 0.15) is 17.1 Å². The van der Waals surface area contributed by atoms with Gasteiger partial charge in [0, 0.05) is 6.20 Å². The van der Waals surface area contributed by atoms with E-state index in [-0.39, 0.29) is 18.1 Å². The molecule has 3 N–H and O–H groups in total. The average Bonchev–Trinajstić information content (AvgIpc) is 2.84. The van der Waals surface area contributed by atoms with Crippen molar-refractivity contribution in [3.63, 3.8) is 0 Å². The second-order valence-electron chi connectivity index (χ2n) is 4.41. The van der Waals surface area contributed by atoms with Crippen LogP contribution in [-0.4, -0.2) is 20.4 Å². The molecule has 0 saturated carbocycles. The molecule has 0 aliphatic heterocycles. The highest BCUT2D eigenvalue weighted by molar-refractivity contribution is 5.95. The maximum Gasteiger partial charge on any atom is 0.252 e. The zero-order valence-corrected chi connectivity index (χ0v) is 11.1. The summed E-state index contributed by atoms with van der Waals surface area (Å²) < 4.78 is 7.41. The molecule has 21 heavy (non-hydrogen) atoms. The molecule has 0 bridgehead atoms. The molecule has 0 aliphatic carbocycles. The number of hydrogen-bond donors (Lipinski definition) is 2. The number of nitrogens with zero attached hydrogens (tertiary/aromatic N) is 2. The maximum atomic E-state index is 11.4. The van der Waals surface area contributed by atoms with E-state index in [0.29, 0.717) is 17.1 Å². The van der Waals surface area contributed by atoms with Gasteiger partial charge in [-0.05, 0) is 24.3 Å². The van der Waals surface area contributed by atoms with Crippen LogP contribution in [0.2, 0.25) is 0 Å². The van der Waals surface area contributed by atoms with E-state index >= 15 is 0 Å². The Labute approximate surface area is 120 Å². The highest BCUT2D eigenvalue weighted by Crippen LogP contribution is 2.28. The van der Waals surface area contributed by atoms with Crippen molar-refractivity contribution in [1.29, 1.82) is 0 Å². The van der Waals surface area contributed by atoms with Gasteiger partial charge in [-0.25, -0.2) is 0 Å². The lowest BCUT2D eigenvalue weighted by Gasteiger charge is -2.07. The van der Waals surface area contributed by atoms with E-state index in [2.05, 4.69) is 4.98 Å². The van der Waals surface area contributed by atoms with Gasteiger partial charge in [-0.1, -0.05) is 18.2 Å². The van der Waals surface area contributed by atoms with Crippen LogP contribution in [0.25, 0.3) is 5.65 Å². The first-order valence-corrected chi connectivity index (χ1v) is 6.34. The Morgan fingerprint density at radius 1 is 1.24 bits per heavy atom. The number of carbonyl (C=O) groups is 1. The van der Waals surface area contributed by atoms with Crippen LogP contribution in [0.1, 0.15) is 16.1 Å². The number of para-hydroxylation sites is 1. The van der Waals surface area contributed by atoms with Crippen LogP contribution >= 0.6 is 0 Å². The number of hydrogen-bond acceptors (Lipinski definition) is 4. The number of aromatic nitrogens is 2. The summed E-state index contributed by atoms with van der Waals surface area (Å²) in [6.45, 7) is -0.237. The molecule has 0 radical (unpaired) electrons. The minimum atomic E-state index is -0.583. The molecule has 3 aromatic rings. The van der Waals surface area contributed by atoms with Crippen molar-refractivity contribution in [2.75, 3.05) is 0 Å². The monoisotopic (exact) mass is 283 g/mol. The Balaban J connectivity index is 2.08. The molecule has 0 fully saturated rings. The number of fused-ring (bicyclic) bond motifs is 1. The standard InChI is InChI=1S/C15H13N3O3/c16-14(20)10-5-1-2-6-12(10)21-15-11(9-19)18-8-4-3-7-13(18)17-15/h1-8,19H,9H2,(H2,16,20). The zero-order chi connectivity index (χ0) is 14.8. The van der Waals surface area contributed by atoms with Crippen molar-refractivity contribution < 1.29 is 14.6 Å². The van der Waals surface area contributed by atoms with E-state index in [1.54, 1.807) is 40.9 Å². The van der Waals surface area contributed by atoms with Crippen molar-refractivity contribution in [2.24, 2.45) is 5.73 Å². The van der Waals surface area contributed by atoms with Gasteiger partial charge in [-0.3, -0.25) is 9.20 Å². The first-order valence-electron chi connectivity index (χ1n) is 6.34. The third-order valence-electron chi connectivity index (χ3n) is 3.10. The van der Waals surface area contributed by atoms with Crippen LogP contribution in [0, 0.1) is 0 Å². The van der Waals surface area contributed by atoms with E-state index in [1.807, 2.05) is 12.1 Å². The lowest BCUT2D eigenvalue weighted by Crippen LogP contribution is -2.12. The summed E-state index contributed by atoms with van der Waals surface area (Å²) in [5, 5.41) is 9.53. The number of amides is 1. The molecule has 0 aliphatic rings.